The Bertz CT molecular complexity index is 597. The van der Waals surface area contributed by atoms with Crippen molar-refractivity contribution in [2.75, 3.05) is 28.2 Å². The van der Waals surface area contributed by atoms with Crippen LogP contribution < -0.4 is 0 Å². The average Bonchev–Trinajstić information content (AvgIpc) is 3.04. The van der Waals surface area contributed by atoms with Gasteiger partial charge in [0.2, 0.25) is 0 Å². The normalized spacial score (nSPS) is 26.8. The summed E-state index contributed by atoms with van der Waals surface area (Å²) in [5, 5.41) is 0. The van der Waals surface area contributed by atoms with Gasteiger partial charge in [0.05, 0.1) is 0 Å². The molecule has 0 atom stereocenters. The Kier molecular flexibility index (Phi) is 4.71. The van der Waals surface area contributed by atoms with Crippen molar-refractivity contribution in [1.82, 2.24) is 19.6 Å². The quantitative estimate of drug-likeness (QED) is 0.675. The summed E-state index contributed by atoms with van der Waals surface area (Å²) in [7, 11) is 9.58. The van der Waals surface area contributed by atoms with Crippen LogP contribution in [0.2, 0.25) is 0 Å². The third-order valence-corrected chi connectivity index (χ3v) is 8.64. The monoisotopic (exact) mass is 386 g/mol. The number of allylic oxidation sites excluding steroid dienone is 4. The van der Waals surface area contributed by atoms with E-state index >= 15 is 0 Å². The first-order valence-corrected chi connectivity index (χ1v) is 11.6. The molecule has 0 aromatic rings. The molecule has 0 bridgehead atoms. The van der Waals surface area contributed by atoms with Crippen LogP contribution in [0.1, 0.15) is 79.1 Å². The minimum atomic E-state index is -0.0724. The van der Waals surface area contributed by atoms with Crippen molar-refractivity contribution in [3.63, 3.8) is 0 Å². The van der Waals surface area contributed by atoms with Gasteiger partial charge >= 0.3 is 0 Å². The van der Waals surface area contributed by atoms with E-state index in [1.807, 2.05) is 0 Å². The van der Waals surface area contributed by atoms with E-state index in [0.29, 0.717) is 11.8 Å². The zero-order valence-electron chi connectivity index (χ0n) is 19.6. The summed E-state index contributed by atoms with van der Waals surface area (Å²) in [4.78, 5) is 10.9. The van der Waals surface area contributed by atoms with Crippen molar-refractivity contribution in [1.29, 1.82) is 0 Å². The molecular weight excluding hydrogens is 344 g/mol. The fourth-order valence-corrected chi connectivity index (χ4v) is 7.85. The van der Waals surface area contributed by atoms with Gasteiger partial charge in [-0.15, -0.1) is 0 Å². The molecule has 0 spiro atoms. The zero-order chi connectivity index (χ0) is 20.4. The van der Waals surface area contributed by atoms with Crippen LogP contribution in [0.25, 0.3) is 0 Å². The summed E-state index contributed by atoms with van der Waals surface area (Å²) in [6, 6.07) is 0. The van der Waals surface area contributed by atoms with Gasteiger partial charge in [0.15, 0.2) is 11.3 Å². The molecule has 4 aliphatic rings. The molecule has 0 saturated carbocycles. The number of hydrogen-bond donors (Lipinski definition) is 0. The third kappa shape index (κ3) is 2.07. The van der Waals surface area contributed by atoms with E-state index in [4.69, 9.17) is 0 Å². The van der Waals surface area contributed by atoms with Gasteiger partial charge in [-0.1, -0.05) is 27.7 Å². The summed E-state index contributed by atoms with van der Waals surface area (Å²) in [5.74, 6) is 1.00. The third-order valence-electron chi connectivity index (χ3n) is 8.64. The Morgan fingerprint density at radius 3 is 0.893 bits per heavy atom. The SMILES string of the molecule is CC(C)C1(C2(C(C)C)N(C)C3=C(CCCC3)N2C)N(C)C2=C(CCCC2)N1C. The highest BCUT2D eigenvalue weighted by atomic mass is 15.6. The lowest BCUT2D eigenvalue weighted by Gasteiger charge is -2.64. The second-order valence-electron chi connectivity index (χ2n) is 10.2. The molecule has 0 aromatic heterocycles. The maximum Gasteiger partial charge on any atom is 0.158 e. The summed E-state index contributed by atoms with van der Waals surface area (Å²) in [6.07, 6.45) is 10.3. The summed E-state index contributed by atoms with van der Waals surface area (Å²) < 4.78 is 0. The fraction of sp³-hybridized carbons (Fsp3) is 0.833. The van der Waals surface area contributed by atoms with E-state index in [1.165, 1.54) is 51.4 Å². The van der Waals surface area contributed by atoms with Crippen LogP contribution in [0.15, 0.2) is 22.8 Å². The maximum atomic E-state index is 2.72. The van der Waals surface area contributed by atoms with E-state index in [1.54, 1.807) is 22.8 Å². The Morgan fingerprint density at radius 2 is 0.714 bits per heavy atom. The van der Waals surface area contributed by atoms with Crippen LogP contribution in [-0.2, 0) is 0 Å². The van der Waals surface area contributed by atoms with E-state index in [0.717, 1.165) is 0 Å². The first kappa shape index (κ1) is 20.0. The highest BCUT2D eigenvalue weighted by Gasteiger charge is 2.70. The van der Waals surface area contributed by atoms with E-state index in [-0.39, 0.29) is 11.3 Å². The van der Waals surface area contributed by atoms with Crippen LogP contribution >= 0.6 is 0 Å². The Morgan fingerprint density at radius 1 is 0.500 bits per heavy atom. The molecule has 0 fully saturated rings. The molecule has 0 radical (unpaired) electrons. The van der Waals surface area contributed by atoms with Crippen LogP contribution in [0, 0.1) is 11.8 Å². The number of rotatable bonds is 3. The minimum Gasteiger partial charge on any atom is -0.350 e. The maximum absolute atomic E-state index is 2.72. The molecule has 158 valence electrons. The van der Waals surface area contributed by atoms with Crippen LogP contribution in [0.5, 0.6) is 0 Å². The van der Waals surface area contributed by atoms with E-state index in [2.05, 4.69) is 75.5 Å². The van der Waals surface area contributed by atoms with Gasteiger partial charge in [0, 0.05) is 51.0 Å². The van der Waals surface area contributed by atoms with Crippen molar-refractivity contribution >= 4 is 0 Å². The fourth-order valence-electron chi connectivity index (χ4n) is 7.85. The van der Waals surface area contributed by atoms with E-state index < -0.39 is 0 Å². The molecule has 0 saturated heterocycles. The summed E-state index contributed by atoms with van der Waals surface area (Å²) in [6.45, 7) is 9.81. The van der Waals surface area contributed by atoms with Crippen LogP contribution in [0.3, 0.4) is 0 Å². The molecule has 2 aliphatic carbocycles. The van der Waals surface area contributed by atoms with Gasteiger partial charge in [-0.2, -0.15) is 0 Å². The molecule has 0 aromatic carbocycles. The van der Waals surface area contributed by atoms with Crippen molar-refractivity contribution < 1.29 is 0 Å². The van der Waals surface area contributed by atoms with Gasteiger partial charge in [-0.3, -0.25) is 0 Å². The number of nitrogens with zero attached hydrogens (tertiary/aromatic N) is 4. The molecule has 28 heavy (non-hydrogen) atoms. The van der Waals surface area contributed by atoms with Gasteiger partial charge in [-0.05, 0) is 63.2 Å². The average molecular weight is 387 g/mol. The van der Waals surface area contributed by atoms with Gasteiger partial charge in [0.1, 0.15) is 0 Å². The summed E-state index contributed by atoms with van der Waals surface area (Å²) >= 11 is 0. The van der Waals surface area contributed by atoms with Gasteiger partial charge in [0.25, 0.3) is 0 Å². The van der Waals surface area contributed by atoms with Crippen molar-refractivity contribution in [2.24, 2.45) is 11.8 Å². The molecule has 4 heteroatoms. The highest BCUT2D eigenvalue weighted by molar-refractivity contribution is 5.37. The predicted octanol–water partition coefficient (Wildman–Crippen LogP) is 5.02. The molecule has 4 nitrogen and oxygen atoms in total. The molecule has 2 heterocycles. The molecular formula is C24H42N4. The van der Waals surface area contributed by atoms with Crippen molar-refractivity contribution in [3.8, 4) is 0 Å². The lowest BCUT2D eigenvalue weighted by molar-refractivity contribution is -0.189. The second-order valence-corrected chi connectivity index (χ2v) is 10.2. The lowest BCUT2D eigenvalue weighted by Crippen LogP contribution is -2.79. The smallest absolute Gasteiger partial charge is 0.158 e. The topological polar surface area (TPSA) is 13.0 Å². The van der Waals surface area contributed by atoms with Crippen LogP contribution in [-0.4, -0.2) is 59.1 Å². The van der Waals surface area contributed by atoms with Crippen LogP contribution in [0.4, 0.5) is 0 Å². The predicted molar refractivity (Wildman–Crippen MR) is 117 cm³/mol. The first-order valence-electron chi connectivity index (χ1n) is 11.6. The Labute approximate surface area is 173 Å². The Hall–Kier alpha value is -1.32. The number of hydrogen-bond acceptors (Lipinski definition) is 4. The number of likely N-dealkylation sites (N-methyl/N-ethyl adjacent to an activating group) is 4. The van der Waals surface area contributed by atoms with Crippen molar-refractivity contribution in [2.45, 2.75) is 90.4 Å². The molecule has 0 unspecified atom stereocenters. The summed E-state index contributed by atoms with van der Waals surface area (Å²) in [5.41, 5.74) is 6.28. The molecule has 0 amide bonds. The second kappa shape index (κ2) is 6.60. The van der Waals surface area contributed by atoms with Gasteiger partial charge in [-0.25, -0.2) is 0 Å². The standard InChI is InChI=1S/C24H42N4/c1-17(2)23(25(5)19-13-9-10-14-20(19)26(23)6)24(18(3)4)27(7)21-15-11-12-16-22(21)28(24)8/h17-18H,9-16H2,1-8H3. The van der Waals surface area contributed by atoms with Crippen molar-refractivity contribution in [3.05, 3.63) is 22.8 Å². The van der Waals surface area contributed by atoms with Gasteiger partial charge < -0.3 is 19.6 Å². The lowest BCUT2D eigenvalue weighted by atomic mass is 9.72. The highest BCUT2D eigenvalue weighted by Crippen LogP contribution is 2.59. The van der Waals surface area contributed by atoms with E-state index in [9.17, 15) is 0 Å². The Balaban J connectivity index is 1.94. The molecule has 2 aliphatic heterocycles. The minimum absolute atomic E-state index is 0.0724. The molecule has 4 rings (SSSR count). The first-order chi connectivity index (χ1) is 13.2. The zero-order valence-corrected chi connectivity index (χ0v) is 19.6. The largest absolute Gasteiger partial charge is 0.350 e. The molecule has 0 N–H and O–H groups in total.